The highest BCUT2D eigenvalue weighted by Crippen LogP contribution is 2.91. The van der Waals surface area contributed by atoms with E-state index in [0.717, 1.165) is 44.9 Å². The molecule has 34 heavy (non-hydrogen) atoms. The van der Waals surface area contributed by atoms with Gasteiger partial charge in [0.1, 0.15) is 6.10 Å². The van der Waals surface area contributed by atoms with Crippen LogP contribution in [0.5, 0.6) is 0 Å². The standard InChI is InChI=1S/C30H44O4/c1-8-28-13-11-21(18(2)17-25(32)33)27(28,7)15-16-30-19(3)29(30)14-12-24(34-20(4)31)26(5,6)22(29)9-10-23(28)30/h1,18-19,21-24H,9-17H2,2-7H3,(H,32,33)/t18-,19-,21-,22+,23+,24+,27-,28+,29-,30+/m1/s1. The Hall–Kier alpha value is -1.50. The molecule has 4 heteroatoms. The number of esters is 1. The van der Waals surface area contributed by atoms with Crippen molar-refractivity contribution in [2.45, 2.75) is 105 Å². The van der Waals surface area contributed by atoms with Gasteiger partial charge in [-0.15, -0.1) is 6.42 Å². The molecule has 0 heterocycles. The molecule has 5 aliphatic rings. The van der Waals surface area contributed by atoms with Crippen LogP contribution in [0.3, 0.4) is 0 Å². The molecule has 188 valence electrons. The fourth-order valence-corrected chi connectivity index (χ4v) is 11.8. The number of carbonyl (C=O) groups excluding carboxylic acids is 1. The average Bonchev–Trinajstić information content (AvgIpc) is 3.10. The van der Waals surface area contributed by atoms with Crippen LogP contribution in [-0.2, 0) is 14.3 Å². The van der Waals surface area contributed by atoms with E-state index in [1.54, 1.807) is 6.92 Å². The summed E-state index contributed by atoms with van der Waals surface area (Å²) in [5.41, 5.74) is 0.484. The van der Waals surface area contributed by atoms with Gasteiger partial charge < -0.3 is 9.84 Å². The van der Waals surface area contributed by atoms with Crippen LogP contribution in [0.2, 0.25) is 0 Å². The number of rotatable bonds is 4. The van der Waals surface area contributed by atoms with E-state index in [1.165, 1.54) is 6.42 Å². The van der Waals surface area contributed by atoms with Crippen LogP contribution < -0.4 is 0 Å². The zero-order valence-electron chi connectivity index (χ0n) is 22.1. The van der Waals surface area contributed by atoms with Crippen LogP contribution in [-0.4, -0.2) is 23.1 Å². The highest BCUT2D eigenvalue weighted by Gasteiger charge is 2.86. The van der Waals surface area contributed by atoms with Crippen LogP contribution in [0.1, 0.15) is 99.3 Å². The van der Waals surface area contributed by atoms with E-state index in [2.05, 4.69) is 40.5 Å². The number of carboxylic acids is 1. The number of hydrogen-bond acceptors (Lipinski definition) is 3. The lowest BCUT2D eigenvalue weighted by atomic mass is 9.41. The number of terminal acetylenes is 1. The molecule has 4 nitrogen and oxygen atoms in total. The predicted molar refractivity (Wildman–Crippen MR) is 132 cm³/mol. The summed E-state index contributed by atoms with van der Waals surface area (Å²) in [5.74, 6) is 4.90. The minimum Gasteiger partial charge on any atom is -0.481 e. The molecule has 5 fully saturated rings. The molecular formula is C30H44O4. The molecule has 2 spiro atoms. The van der Waals surface area contributed by atoms with E-state index in [1.807, 2.05) is 0 Å². The summed E-state index contributed by atoms with van der Waals surface area (Å²) in [7, 11) is 0. The summed E-state index contributed by atoms with van der Waals surface area (Å²) in [6.07, 6.45) is 15.7. The van der Waals surface area contributed by atoms with Crippen LogP contribution in [0, 0.1) is 69.0 Å². The number of fused-ring (bicyclic) bond motifs is 2. The van der Waals surface area contributed by atoms with Crippen molar-refractivity contribution in [2.24, 2.45) is 56.7 Å². The van der Waals surface area contributed by atoms with Crippen LogP contribution in [0.4, 0.5) is 0 Å². The Labute approximate surface area is 206 Å². The maximum atomic E-state index is 11.9. The Bertz CT molecular complexity index is 946. The molecule has 5 saturated carbocycles. The van der Waals surface area contributed by atoms with Gasteiger partial charge in [-0.05, 0) is 97.2 Å². The Morgan fingerprint density at radius 2 is 1.68 bits per heavy atom. The molecule has 0 bridgehead atoms. The fourth-order valence-electron chi connectivity index (χ4n) is 11.8. The van der Waals surface area contributed by atoms with Crippen molar-refractivity contribution in [1.29, 1.82) is 0 Å². The van der Waals surface area contributed by atoms with Crippen LogP contribution in [0.25, 0.3) is 0 Å². The van der Waals surface area contributed by atoms with Crippen molar-refractivity contribution >= 4 is 11.9 Å². The highest BCUT2D eigenvalue weighted by molar-refractivity contribution is 5.67. The summed E-state index contributed by atoms with van der Waals surface area (Å²) in [6, 6.07) is 0. The van der Waals surface area contributed by atoms with Gasteiger partial charge in [-0.3, -0.25) is 9.59 Å². The quantitative estimate of drug-likeness (QED) is 0.387. The topological polar surface area (TPSA) is 63.6 Å². The first kappa shape index (κ1) is 24.2. The summed E-state index contributed by atoms with van der Waals surface area (Å²) in [6.45, 7) is 13.3. The minimum absolute atomic E-state index is 0.00482. The lowest BCUT2D eigenvalue weighted by molar-refractivity contribution is -0.177. The van der Waals surface area contributed by atoms with Gasteiger partial charge in [-0.1, -0.05) is 40.5 Å². The maximum absolute atomic E-state index is 11.9. The van der Waals surface area contributed by atoms with Crippen LogP contribution >= 0.6 is 0 Å². The molecule has 0 aromatic carbocycles. The lowest BCUT2D eigenvalue weighted by Crippen LogP contribution is -2.58. The normalized spacial score (nSPS) is 51.0. The minimum atomic E-state index is -0.691. The first-order valence-electron chi connectivity index (χ1n) is 13.7. The van der Waals surface area contributed by atoms with Crippen molar-refractivity contribution in [1.82, 2.24) is 0 Å². The van der Waals surface area contributed by atoms with E-state index in [0.29, 0.717) is 34.5 Å². The SMILES string of the molecule is C#C[C@@]12CC[C@H]([C@H](C)CC(=O)O)[C@@]1(C)CC[C@@]13[C@H](C)[C@@]14CC[C@H](OC(C)=O)C(C)(C)[C@@H]4CC[C@H]32. The Morgan fingerprint density at radius 3 is 2.29 bits per heavy atom. The first-order chi connectivity index (χ1) is 15.8. The molecule has 1 N–H and O–H groups in total. The third-order valence-corrected chi connectivity index (χ3v) is 13.0. The van der Waals surface area contributed by atoms with E-state index in [-0.39, 0.29) is 40.7 Å². The largest absolute Gasteiger partial charge is 0.481 e. The molecule has 0 amide bonds. The molecule has 0 aromatic heterocycles. The predicted octanol–water partition coefficient (Wildman–Crippen LogP) is 6.33. The number of hydrogen-bond donors (Lipinski definition) is 1. The lowest BCUT2D eigenvalue weighted by Gasteiger charge is -2.62. The van der Waals surface area contributed by atoms with Crippen molar-refractivity contribution in [2.75, 3.05) is 0 Å². The molecule has 0 saturated heterocycles. The van der Waals surface area contributed by atoms with E-state index in [9.17, 15) is 14.7 Å². The average molecular weight is 469 g/mol. The van der Waals surface area contributed by atoms with E-state index in [4.69, 9.17) is 11.2 Å². The molecule has 10 atom stereocenters. The highest BCUT2D eigenvalue weighted by atomic mass is 16.5. The van der Waals surface area contributed by atoms with Gasteiger partial charge in [0.2, 0.25) is 0 Å². The third kappa shape index (κ3) is 2.58. The van der Waals surface area contributed by atoms with Crippen molar-refractivity contribution in [3.8, 4) is 12.3 Å². The number of carboxylic acid groups (broad SMARTS) is 1. The van der Waals surface area contributed by atoms with Gasteiger partial charge in [-0.25, -0.2) is 0 Å². The second-order valence-corrected chi connectivity index (χ2v) is 13.7. The molecule has 5 aliphatic carbocycles. The molecule has 0 unspecified atom stereocenters. The summed E-state index contributed by atoms with van der Waals surface area (Å²) in [4.78, 5) is 23.4. The van der Waals surface area contributed by atoms with Crippen molar-refractivity contribution in [3.63, 3.8) is 0 Å². The Balaban J connectivity index is 1.51. The van der Waals surface area contributed by atoms with Crippen LogP contribution in [0.15, 0.2) is 0 Å². The Kier molecular flexibility index (Phi) is 5.17. The molecule has 0 aromatic rings. The van der Waals surface area contributed by atoms with Gasteiger partial charge in [0.05, 0.1) is 0 Å². The van der Waals surface area contributed by atoms with E-state index < -0.39 is 5.97 Å². The third-order valence-electron chi connectivity index (χ3n) is 13.0. The smallest absolute Gasteiger partial charge is 0.303 e. The van der Waals surface area contributed by atoms with Crippen molar-refractivity contribution in [3.05, 3.63) is 0 Å². The molecular weight excluding hydrogens is 424 g/mol. The Morgan fingerprint density at radius 1 is 1.03 bits per heavy atom. The second kappa shape index (κ2) is 7.27. The van der Waals surface area contributed by atoms with Gasteiger partial charge >= 0.3 is 11.9 Å². The van der Waals surface area contributed by atoms with E-state index >= 15 is 0 Å². The summed E-state index contributed by atoms with van der Waals surface area (Å²) in [5, 5.41) is 9.50. The molecule has 5 rings (SSSR count). The first-order valence-corrected chi connectivity index (χ1v) is 13.7. The molecule has 0 radical (unpaired) electrons. The van der Waals surface area contributed by atoms with Gasteiger partial charge in [0, 0.05) is 24.2 Å². The zero-order chi connectivity index (χ0) is 24.9. The summed E-state index contributed by atoms with van der Waals surface area (Å²) < 4.78 is 5.87. The second-order valence-electron chi connectivity index (χ2n) is 13.7. The van der Waals surface area contributed by atoms with Gasteiger partial charge in [0.25, 0.3) is 0 Å². The number of carbonyl (C=O) groups is 2. The fraction of sp³-hybridized carbons (Fsp3) is 0.867. The van der Waals surface area contributed by atoms with Crippen molar-refractivity contribution < 1.29 is 19.4 Å². The maximum Gasteiger partial charge on any atom is 0.303 e. The zero-order valence-corrected chi connectivity index (χ0v) is 22.1. The number of ether oxygens (including phenoxy) is 1. The molecule has 0 aliphatic heterocycles. The number of aliphatic carboxylic acids is 1. The van der Waals surface area contributed by atoms with Gasteiger partial charge in [-0.2, -0.15) is 0 Å². The summed E-state index contributed by atoms with van der Waals surface area (Å²) >= 11 is 0. The monoisotopic (exact) mass is 468 g/mol. The van der Waals surface area contributed by atoms with Gasteiger partial charge in [0.15, 0.2) is 0 Å².